The van der Waals surface area contributed by atoms with Crippen LogP contribution < -0.4 is 5.32 Å². The van der Waals surface area contributed by atoms with Gasteiger partial charge in [-0.2, -0.15) is 0 Å². The summed E-state index contributed by atoms with van der Waals surface area (Å²) in [6, 6.07) is 6.46. The summed E-state index contributed by atoms with van der Waals surface area (Å²) < 4.78 is 0.941. The minimum atomic E-state index is 0.502. The Hall–Kier alpha value is -0.210. The van der Waals surface area contributed by atoms with Gasteiger partial charge in [-0.3, -0.25) is 0 Å². The summed E-state index contributed by atoms with van der Waals surface area (Å²) in [7, 11) is 0. The maximum absolute atomic E-state index is 6.01. The van der Waals surface area contributed by atoms with Crippen LogP contribution in [0.2, 0.25) is 5.02 Å². The Kier molecular flexibility index (Phi) is 5.48. The third-order valence-corrected chi connectivity index (χ3v) is 3.56. The molecule has 1 unspecified atom stereocenters. The summed E-state index contributed by atoms with van der Waals surface area (Å²) in [4.78, 5) is 0. The van der Waals surface area contributed by atoms with E-state index >= 15 is 0 Å². The van der Waals surface area contributed by atoms with E-state index in [0.717, 1.165) is 15.2 Å². The molecular formula is C12H17BrClN. The fourth-order valence-corrected chi connectivity index (χ4v) is 1.88. The van der Waals surface area contributed by atoms with Crippen molar-refractivity contribution in [1.82, 2.24) is 0 Å². The molecule has 1 aromatic carbocycles. The van der Waals surface area contributed by atoms with Crippen LogP contribution in [-0.4, -0.2) is 6.04 Å². The number of hydrogen-bond acceptors (Lipinski definition) is 1. The summed E-state index contributed by atoms with van der Waals surface area (Å²) in [5, 5.41) is 4.19. The Morgan fingerprint density at radius 3 is 2.80 bits per heavy atom. The molecule has 0 aliphatic heterocycles. The third kappa shape index (κ3) is 4.43. The largest absolute Gasteiger partial charge is 0.383 e. The Morgan fingerprint density at radius 1 is 1.47 bits per heavy atom. The van der Waals surface area contributed by atoms with Crippen molar-refractivity contribution in [2.75, 3.05) is 5.32 Å². The van der Waals surface area contributed by atoms with E-state index in [1.54, 1.807) is 0 Å². The molecule has 1 rings (SSSR count). The molecule has 0 fully saturated rings. The maximum Gasteiger partial charge on any atom is 0.0568 e. The minimum Gasteiger partial charge on any atom is -0.383 e. The number of nitrogens with one attached hydrogen (secondary N) is 1. The molecule has 0 saturated heterocycles. The van der Waals surface area contributed by atoms with Gasteiger partial charge in [-0.25, -0.2) is 0 Å². The monoisotopic (exact) mass is 289 g/mol. The normalized spacial score (nSPS) is 12.5. The minimum absolute atomic E-state index is 0.502. The highest BCUT2D eigenvalue weighted by Crippen LogP contribution is 2.26. The second kappa shape index (κ2) is 6.39. The van der Waals surface area contributed by atoms with E-state index in [4.69, 9.17) is 11.6 Å². The van der Waals surface area contributed by atoms with Crippen molar-refractivity contribution in [3.63, 3.8) is 0 Å². The molecule has 0 bridgehead atoms. The Balaban J connectivity index is 2.53. The topological polar surface area (TPSA) is 12.0 Å². The molecule has 0 saturated carbocycles. The fraction of sp³-hybridized carbons (Fsp3) is 0.500. The molecule has 15 heavy (non-hydrogen) atoms. The molecule has 0 aliphatic carbocycles. The first-order valence-corrected chi connectivity index (χ1v) is 6.52. The molecule has 0 aliphatic rings. The summed E-state index contributed by atoms with van der Waals surface area (Å²) >= 11 is 9.39. The molecule has 1 aromatic rings. The lowest BCUT2D eigenvalue weighted by molar-refractivity contribution is 0.645. The van der Waals surface area contributed by atoms with E-state index in [-0.39, 0.29) is 0 Å². The van der Waals surface area contributed by atoms with Gasteiger partial charge in [0.2, 0.25) is 0 Å². The molecule has 1 nitrogen and oxygen atoms in total. The number of halogens is 2. The highest BCUT2D eigenvalue weighted by Gasteiger charge is 2.03. The van der Waals surface area contributed by atoms with Gasteiger partial charge >= 0.3 is 0 Å². The van der Waals surface area contributed by atoms with Gasteiger partial charge < -0.3 is 5.32 Å². The van der Waals surface area contributed by atoms with E-state index < -0.39 is 0 Å². The first-order valence-electron chi connectivity index (χ1n) is 5.35. The lowest BCUT2D eigenvalue weighted by Crippen LogP contribution is -2.14. The molecule has 1 N–H and O–H groups in total. The molecule has 0 radical (unpaired) electrons. The van der Waals surface area contributed by atoms with E-state index in [0.29, 0.717) is 6.04 Å². The van der Waals surface area contributed by atoms with Crippen LogP contribution in [0.15, 0.2) is 22.7 Å². The van der Waals surface area contributed by atoms with Gasteiger partial charge in [-0.05, 0) is 47.5 Å². The van der Waals surface area contributed by atoms with Gasteiger partial charge in [0.1, 0.15) is 0 Å². The zero-order valence-electron chi connectivity index (χ0n) is 9.19. The third-order valence-electron chi connectivity index (χ3n) is 2.32. The zero-order chi connectivity index (χ0) is 11.3. The fourth-order valence-electron chi connectivity index (χ4n) is 1.45. The van der Waals surface area contributed by atoms with Gasteiger partial charge in [0, 0.05) is 16.2 Å². The predicted molar refractivity (Wildman–Crippen MR) is 71.8 cm³/mol. The van der Waals surface area contributed by atoms with Gasteiger partial charge in [0.05, 0.1) is 5.02 Å². The summed E-state index contributed by atoms with van der Waals surface area (Å²) in [6.45, 7) is 4.41. The lowest BCUT2D eigenvalue weighted by atomic mass is 10.1. The first kappa shape index (κ1) is 12.9. The molecule has 0 heterocycles. The molecule has 84 valence electrons. The Labute approximate surface area is 105 Å². The van der Waals surface area contributed by atoms with E-state index in [1.807, 2.05) is 18.2 Å². The van der Waals surface area contributed by atoms with Crippen molar-refractivity contribution in [1.29, 1.82) is 0 Å². The Morgan fingerprint density at radius 2 is 2.20 bits per heavy atom. The molecule has 0 aromatic heterocycles. The van der Waals surface area contributed by atoms with Crippen molar-refractivity contribution >= 4 is 33.2 Å². The van der Waals surface area contributed by atoms with Crippen molar-refractivity contribution in [3.05, 3.63) is 27.7 Å². The van der Waals surface area contributed by atoms with Crippen molar-refractivity contribution in [3.8, 4) is 0 Å². The van der Waals surface area contributed by atoms with Crippen LogP contribution >= 0.6 is 27.5 Å². The standard InChI is InChI=1S/C12H17BrClN/c1-3-4-5-9(2)15-10-6-7-11(13)12(14)8-10/h6-9,15H,3-5H2,1-2H3. The van der Waals surface area contributed by atoms with Crippen LogP contribution in [0.3, 0.4) is 0 Å². The smallest absolute Gasteiger partial charge is 0.0568 e. The number of anilines is 1. The van der Waals surface area contributed by atoms with Gasteiger partial charge in [-0.15, -0.1) is 0 Å². The summed E-state index contributed by atoms with van der Waals surface area (Å²) in [5.41, 5.74) is 1.09. The van der Waals surface area contributed by atoms with E-state index in [2.05, 4.69) is 35.1 Å². The second-order valence-corrected chi connectivity index (χ2v) is 5.08. The van der Waals surface area contributed by atoms with Crippen LogP contribution in [-0.2, 0) is 0 Å². The first-order chi connectivity index (χ1) is 7.13. The van der Waals surface area contributed by atoms with Gasteiger partial charge in [0.15, 0.2) is 0 Å². The van der Waals surface area contributed by atoms with Crippen LogP contribution in [0.1, 0.15) is 33.1 Å². The quantitative estimate of drug-likeness (QED) is 0.796. The van der Waals surface area contributed by atoms with Crippen LogP contribution in [0, 0.1) is 0 Å². The van der Waals surface area contributed by atoms with Crippen LogP contribution in [0.4, 0.5) is 5.69 Å². The lowest BCUT2D eigenvalue weighted by Gasteiger charge is -2.15. The Bertz CT molecular complexity index is 314. The number of benzene rings is 1. The number of unbranched alkanes of at least 4 members (excludes halogenated alkanes) is 1. The van der Waals surface area contributed by atoms with Crippen LogP contribution in [0.25, 0.3) is 0 Å². The van der Waals surface area contributed by atoms with Crippen molar-refractivity contribution in [2.24, 2.45) is 0 Å². The average molecular weight is 291 g/mol. The molecule has 3 heteroatoms. The van der Waals surface area contributed by atoms with Gasteiger partial charge in [0.25, 0.3) is 0 Å². The summed E-state index contributed by atoms with van der Waals surface area (Å²) in [5.74, 6) is 0. The predicted octanol–water partition coefficient (Wildman–Crippen LogP) is 5.09. The summed E-state index contributed by atoms with van der Waals surface area (Å²) in [6.07, 6.45) is 3.70. The van der Waals surface area contributed by atoms with Gasteiger partial charge in [-0.1, -0.05) is 31.4 Å². The maximum atomic E-state index is 6.01. The van der Waals surface area contributed by atoms with Crippen molar-refractivity contribution < 1.29 is 0 Å². The second-order valence-electron chi connectivity index (χ2n) is 3.82. The average Bonchev–Trinajstić information content (AvgIpc) is 2.20. The zero-order valence-corrected chi connectivity index (χ0v) is 11.5. The highest BCUT2D eigenvalue weighted by atomic mass is 79.9. The molecule has 0 spiro atoms. The molecule has 0 amide bonds. The van der Waals surface area contributed by atoms with Crippen molar-refractivity contribution in [2.45, 2.75) is 39.2 Å². The number of rotatable bonds is 5. The molecular weight excluding hydrogens is 273 g/mol. The number of hydrogen-bond donors (Lipinski definition) is 1. The highest BCUT2D eigenvalue weighted by molar-refractivity contribution is 9.10. The van der Waals surface area contributed by atoms with E-state index in [9.17, 15) is 0 Å². The van der Waals surface area contributed by atoms with Crippen LogP contribution in [0.5, 0.6) is 0 Å². The SMILES string of the molecule is CCCCC(C)Nc1ccc(Br)c(Cl)c1. The molecule has 1 atom stereocenters. The van der Waals surface area contributed by atoms with E-state index in [1.165, 1.54) is 19.3 Å².